The van der Waals surface area contributed by atoms with Gasteiger partial charge in [-0.3, -0.25) is 0 Å². The molecule has 3 rings (SSSR count). The van der Waals surface area contributed by atoms with E-state index in [0.29, 0.717) is 11.8 Å². The molecule has 21 heavy (non-hydrogen) atoms. The van der Waals surface area contributed by atoms with E-state index in [1.165, 1.54) is 27.6 Å². The van der Waals surface area contributed by atoms with Crippen LogP contribution in [0, 0.1) is 0 Å². The Morgan fingerprint density at radius 2 is 1.81 bits per heavy atom. The number of halogens is 1. The minimum Gasteiger partial charge on any atom is -0.316 e. The second kappa shape index (κ2) is 6.76. The molecule has 2 aromatic rings. The quantitative estimate of drug-likeness (QED) is 0.837. The van der Waals surface area contributed by atoms with Crippen molar-refractivity contribution in [3.63, 3.8) is 0 Å². The van der Waals surface area contributed by atoms with Crippen LogP contribution in [0.1, 0.15) is 41.9 Å². The summed E-state index contributed by atoms with van der Waals surface area (Å²) in [5, 5.41) is 3.56. The van der Waals surface area contributed by atoms with Crippen LogP contribution in [-0.2, 0) is 6.42 Å². The maximum absolute atomic E-state index is 3.73. The van der Waals surface area contributed by atoms with Crippen LogP contribution in [0.15, 0.2) is 53.0 Å². The van der Waals surface area contributed by atoms with E-state index >= 15 is 0 Å². The first kappa shape index (κ1) is 14.8. The van der Waals surface area contributed by atoms with Crippen LogP contribution in [-0.4, -0.2) is 13.1 Å². The van der Waals surface area contributed by atoms with Gasteiger partial charge in [-0.05, 0) is 48.1 Å². The zero-order chi connectivity index (χ0) is 14.7. The Hall–Kier alpha value is -1.12. The van der Waals surface area contributed by atoms with Gasteiger partial charge in [-0.15, -0.1) is 0 Å². The van der Waals surface area contributed by atoms with Crippen LogP contribution in [0.5, 0.6) is 0 Å². The van der Waals surface area contributed by atoms with Crippen molar-refractivity contribution in [3.8, 4) is 0 Å². The lowest BCUT2D eigenvalue weighted by molar-refractivity contribution is 0.403. The molecule has 0 radical (unpaired) electrons. The van der Waals surface area contributed by atoms with Gasteiger partial charge in [0.05, 0.1) is 0 Å². The summed E-state index contributed by atoms with van der Waals surface area (Å²) in [6.07, 6.45) is 2.32. The van der Waals surface area contributed by atoms with Gasteiger partial charge in [0.1, 0.15) is 0 Å². The predicted molar refractivity (Wildman–Crippen MR) is 92.9 cm³/mol. The predicted octanol–water partition coefficient (Wildman–Crippen LogP) is 4.87. The van der Waals surface area contributed by atoms with E-state index in [9.17, 15) is 0 Å². The minimum atomic E-state index is 0.543. The van der Waals surface area contributed by atoms with Crippen molar-refractivity contribution in [1.82, 2.24) is 5.32 Å². The molecule has 0 saturated carbocycles. The first-order valence-electron chi connectivity index (χ1n) is 7.83. The molecule has 2 aromatic carbocycles. The molecular formula is C19H22BrN. The van der Waals surface area contributed by atoms with Gasteiger partial charge in [-0.1, -0.05) is 65.3 Å². The van der Waals surface area contributed by atoms with Crippen LogP contribution < -0.4 is 5.32 Å². The summed E-state index contributed by atoms with van der Waals surface area (Å²) >= 11 is 3.73. The summed E-state index contributed by atoms with van der Waals surface area (Å²) in [5.74, 6) is 1.15. The molecule has 1 fully saturated rings. The Morgan fingerprint density at radius 3 is 2.52 bits per heavy atom. The molecular weight excluding hydrogens is 322 g/mol. The maximum atomic E-state index is 3.73. The molecule has 110 valence electrons. The van der Waals surface area contributed by atoms with Crippen molar-refractivity contribution < 1.29 is 0 Å². The van der Waals surface area contributed by atoms with Gasteiger partial charge in [0.25, 0.3) is 0 Å². The molecule has 1 nitrogen and oxygen atoms in total. The first-order valence-corrected chi connectivity index (χ1v) is 8.63. The summed E-state index contributed by atoms with van der Waals surface area (Å²) in [4.78, 5) is 0. The van der Waals surface area contributed by atoms with Crippen LogP contribution in [0.2, 0.25) is 0 Å². The molecule has 1 N–H and O–H groups in total. The van der Waals surface area contributed by atoms with E-state index in [-0.39, 0.29) is 0 Å². The Kier molecular flexibility index (Phi) is 4.77. The Bertz CT molecular complexity index is 591. The number of benzene rings is 2. The van der Waals surface area contributed by atoms with E-state index in [4.69, 9.17) is 0 Å². The van der Waals surface area contributed by atoms with E-state index in [1.54, 1.807) is 0 Å². The molecule has 2 unspecified atom stereocenters. The zero-order valence-electron chi connectivity index (χ0n) is 12.5. The Morgan fingerprint density at radius 1 is 1.05 bits per heavy atom. The Balaban J connectivity index is 1.92. The first-order chi connectivity index (χ1) is 10.3. The minimum absolute atomic E-state index is 0.543. The zero-order valence-corrected chi connectivity index (χ0v) is 14.1. The second-order valence-electron chi connectivity index (χ2n) is 5.82. The summed E-state index contributed by atoms with van der Waals surface area (Å²) in [7, 11) is 0. The lowest BCUT2D eigenvalue weighted by Gasteiger charge is -2.33. The van der Waals surface area contributed by atoms with Crippen LogP contribution in [0.3, 0.4) is 0 Å². The number of hydrogen-bond acceptors (Lipinski definition) is 1. The highest BCUT2D eigenvalue weighted by Gasteiger charge is 2.28. The number of rotatable bonds is 3. The molecule has 1 aliphatic rings. The molecule has 2 atom stereocenters. The molecule has 1 heterocycles. The topological polar surface area (TPSA) is 12.0 Å². The van der Waals surface area contributed by atoms with Gasteiger partial charge in [0, 0.05) is 16.9 Å². The van der Waals surface area contributed by atoms with Gasteiger partial charge in [0.2, 0.25) is 0 Å². The van der Waals surface area contributed by atoms with Gasteiger partial charge in [0.15, 0.2) is 0 Å². The largest absolute Gasteiger partial charge is 0.316 e. The van der Waals surface area contributed by atoms with Crippen LogP contribution in [0.25, 0.3) is 0 Å². The summed E-state index contributed by atoms with van der Waals surface area (Å²) in [6, 6.07) is 17.9. The van der Waals surface area contributed by atoms with Crippen molar-refractivity contribution in [2.24, 2.45) is 0 Å². The van der Waals surface area contributed by atoms with E-state index < -0.39 is 0 Å². The van der Waals surface area contributed by atoms with E-state index in [1.807, 2.05) is 0 Å². The lowest BCUT2D eigenvalue weighted by Crippen LogP contribution is -2.34. The van der Waals surface area contributed by atoms with Crippen molar-refractivity contribution in [3.05, 3.63) is 69.7 Å². The SMILES string of the molecule is CCc1ccc(C2CCNCC2c2ccccc2Br)cc1. The third-order valence-electron chi connectivity index (χ3n) is 4.60. The standard InChI is InChI=1S/C19H22BrN/c1-2-14-7-9-15(10-8-14)16-11-12-21-13-18(16)17-5-3-4-6-19(17)20/h3-10,16,18,21H,2,11-13H2,1H3. The van der Waals surface area contributed by atoms with Gasteiger partial charge >= 0.3 is 0 Å². The smallest absolute Gasteiger partial charge is 0.0210 e. The van der Waals surface area contributed by atoms with Crippen molar-refractivity contribution in [2.75, 3.05) is 13.1 Å². The van der Waals surface area contributed by atoms with Gasteiger partial charge < -0.3 is 5.32 Å². The van der Waals surface area contributed by atoms with Crippen molar-refractivity contribution in [2.45, 2.75) is 31.6 Å². The normalized spacial score (nSPS) is 22.2. The average Bonchev–Trinajstić information content (AvgIpc) is 2.55. The molecule has 0 bridgehead atoms. The Labute approximate surface area is 135 Å². The monoisotopic (exact) mass is 343 g/mol. The third kappa shape index (κ3) is 3.22. The molecule has 1 saturated heterocycles. The number of piperidine rings is 1. The highest BCUT2D eigenvalue weighted by molar-refractivity contribution is 9.10. The summed E-state index contributed by atoms with van der Waals surface area (Å²) in [6.45, 7) is 4.38. The lowest BCUT2D eigenvalue weighted by atomic mass is 9.77. The van der Waals surface area contributed by atoms with Gasteiger partial charge in [-0.25, -0.2) is 0 Å². The third-order valence-corrected chi connectivity index (χ3v) is 5.33. The highest BCUT2D eigenvalue weighted by atomic mass is 79.9. The number of hydrogen-bond donors (Lipinski definition) is 1. The highest BCUT2D eigenvalue weighted by Crippen LogP contribution is 2.39. The molecule has 0 aromatic heterocycles. The fourth-order valence-corrected chi connectivity index (χ4v) is 3.94. The molecule has 1 aliphatic heterocycles. The molecule has 0 spiro atoms. The second-order valence-corrected chi connectivity index (χ2v) is 6.68. The van der Waals surface area contributed by atoms with Gasteiger partial charge in [-0.2, -0.15) is 0 Å². The number of aryl methyl sites for hydroxylation is 1. The van der Waals surface area contributed by atoms with Crippen LogP contribution >= 0.6 is 15.9 Å². The molecule has 0 amide bonds. The van der Waals surface area contributed by atoms with E-state index in [2.05, 4.69) is 76.7 Å². The van der Waals surface area contributed by atoms with Crippen LogP contribution in [0.4, 0.5) is 0 Å². The summed E-state index contributed by atoms with van der Waals surface area (Å²) in [5.41, 5.74) is 4.33. The fraction of sp³-hybridized carbons (Fsp3) is 0.368. The fourth-order valence-electron chi connectivity index (χ4n) is 3.36. The molecule has 2 heteroatoms. The summed E-state index contributed by atoms with van der Waals surface area (Å²) < 4.78 is 1.23. The maximum Gasteiger partial charge on any atom is 0.0210 e. The number of nitrogens with one attached hydrogen (secondary N) is 1. The van der Waals surface area contributed by atoms with E-state index in [0.717, 1.165) is 19.5 Å². The average molecular weight is 344 g/mol. The van der Waals surface area contributed by atoms with Crippen molar-refractivity contribution >= 4 is 15.9 Å². The van der Waals surface area contributed by atoms with Crippen molar-refractivity contribution in [1.29, 1.82) is 0 Å². The molecule has 0 aliphatic carbocycles.